The number of halogens is 3. The van der Waals surface area contributed by atoms with Crippen molar-refractivity contribution in [3.8, 4) is 0 Å². The number of nitro groups is 1. The monoisotopic (exact) mass is 396 g/mol. The number of hydrogen-bond donors (Lipinski definition) is 2. The molecule has 0 aliphatic rings. The third-order valence-corrected chi connectivity index (χ3v) is 4.37. The van der Waals surface area contributed by atoms with E-state index in [1.807, 2.05) is 0 Å². The van der Waals surface area contributed by atoms with Crippen molar-refractivity contribution in [2.75, 3.05) is 11.1 Å². The van der Waals surface area contributed by atoms with Crippen LogP contribution in [0.4, 0.5) is 24.5 Å². The second-order valence-electron chi connectivity index (χ2n) is 5.38. The molecule has 140 valence electrons. The van der Waals surface area contributed by atoms with Gasteiger partial charge in [-0.15, -0.1) is 0 Å². The third kappa shape index (κ3) is 4.37. The van der Waals surface area contributed by atoms with Crippen LogP contribution in [0, 0.1) is 10.1 Å². The fraction of sp³-hybridized carbons (Fsp3) is 0.125. The Kier molecular flexibility index (Phi) is 5.04. The van der Waals surface area contributed by atoms with Crippen molar-refractivity contribution in [3.63, 3.8) is 0 Å². The predicted molar refractivity (Wildman–Crippen MR) is 93.5 cm³/mol. The molecule has 11 heteroatoms. The van der Waals surface area contributed by atoms with Crippen molar-refractivity contribution in [2.24, 2.45) is 0 Å². The van der Waals surface area contributed by atoms with E-state index in [1.54, 1.807) is 0 Å². The van der Waals surface area contributed by atoms with Crippen molar-refractivity contribution in [2.45, 2.75) is 11.3 Å². The summed E-state index contributed by atoms with van der Waals surface area (Å²) < 4.78 is 38.8. The van der Waals surface area contributed by atoms with Gasteiger partial charge in [-0.2, -0.15) is 13.2 Å². The molecule has 0 unspecified atom stereocenters. The highest BCUT2D eigenvalue weighted by Gasteiger charge is 2.33. The number of imidazole rings is 1. The Labute approximate surface area is 154 Å². The SMILES string of the molecule is O=C(CSc1nc2ccc([N+](=O)[O-])cc2[nH]1)Nc1ccccc1C(F)(F)F. The number of hydrogen-bond acceptors (Lipinski definition) is 5. The summed E-state index contributed by atoms with van der Waals surface area (Å²) in [6, 6.07) is 8.77. The zero-order chi connectivity index (χ0) is 19.6. The van der Waals surface area contributed by atoms with E-state index in [1.165, 1.54) is 36.4 Å². The molecular weight excluding hydrogens is 385 g/mol. The summed E-state index contributed by atoms with van der Waals surface area (Å²) in [5.41, 5.74) is -0.458. The highest BCUT2D eigenvalue weighted by molar-refractivity contribution is 7.99. The number of thioether (sulfide) groups is 1. The van der Waals surface area contributed by atoms with Gasteiger partial charge in [-0.05, 0) is 18.2 Å². The normalized spacial score (nSPS) is 11.5. The number of carbonyl (C=O) groups is 1. The van der Waals surface area contributed by atoms with Crippen molar-refractivity contribution >= 4 is 40.1 Å². The first-order valence-corrected chi connectivity index (χ1v) is 8.45. The average molecular weight is 396 g/mol. The minimum Gasteiger partial charge on any atom is -0.333 e. The van der Waals surface area contributed by atoms with Crippen LogP contribution in [-0.4, -0.2) is 26.6 Å². The van der Waals surface area contributed by atoms with Gasteiger partial charge in [0.15, 0.2) is 5.16 Å². The molecule has 0 saturated heterocycles. The van der Waals surface area contributed by atoms with Crippen LogP contribution in [0.2, 0.25) is 0 Å². The first kappa shape index (κ1) is 18.7. The summed E-state index contributed by atoms with van der Waals surface area (Å²) in [5.74, 6) is -0.822. The van der Waals surface area contributed by atoms with Gasteiger partial charge in [-0.1, -0.05) is 23.9 Å². The topological polar surface area (TPSA) is 101 Å². The molecule has 0 saturated carbocycles. The van der Waals surface area contributed by atoms with Gasteiger partial charge in [0.1, 0.15) is 0 Å². The molecule has 0 atom stereocenters. The number of carbonyl (C=O) groups excluding carboxylic acids is 1. The Morgan fingerprint density at radius 2 is 2.00 bits per heavy atom. The number of H-pyrrole nitrogens is 1. The Bertz CT molecular complexity index is 1020. The van der Waals surface area contributed by atoms with Gasteiger partial charge in [-0.3, -0.25) is 14.9 Å². The van der Waals surface area contributed by atoms with E-state index >= 15 is 0 Å². The molecule has 0 aliphatic carbocycles. The number of aromatic nitrogens is 2. The summed E-state index contributed by atoms with van der Waals surface area (Å²) in [6.07, 6.45) is -4.58. The summed E-state index contributed by atoms with van der Waals surface area (Å²) in [5, 5.41) is 13.3. The van der Waals surface area contributed by atoms with Crippen molar-refractivity contribution in [1.82, 2.24) is 9.97 Å². The molecule has 27 heavy (non-hydrogen) atoms. The molecule has 1 aromatic heterocycles. The molecule has 2 aromatic carbocycles. The van der Waals surface area contributed by atoms with Gasteiger partial charge < -0.3 is 10.3 Å². The Morgan fingerprint density at radius 3 is 2.70 bits per heavy atom. The van der Waals surface area contributed by atoms with Crippen molar-refractivity contribution in [1.29, 1.82) is 0 Å². The zero-order valence-corrected chi connectivity index (χ0v) is 14.2. The number of aromatic amines is 1. The highest BCUT2D eigenvalue weighted by atomic mass is 32.2. The number of amides is 1. The van der Waals surface area contributed by atoms with Crippen LogP contribution in [0.1, 0.15) is 5.56 Å². The Balaban J connectivity index is 1.68. The van der Waals surface area contributed by atoms with E-state index in [0.717, 1.165) is 17.8 Å². The quantitative estimate of drug-likeness (QED) is 0.382. The molecule has 0 spiro atoms. The number of nitrogens with zero attached hydrogens (tertiary/aromatic N) is 2. The van der Waals surface area contributed by atoms with Crippen LogP contribution in [0.15, 0.2) is 47.6 Å². The second-order valence-corrected chi connectivity index (χ2v) is 6.34. The first-order chi connectivity index (χ1) is 12.7. The summed E-state index contributed by atoms with van der Waals surface area (Å²) in [6.45, 7) is 0. The zero-order valence-electron chi connectivity index (χ0n) is 13.4. The maximum absolute atomic E-state index is 12.9. The number of nitro benzene ring substituents is 1. The number of anilines is 1. The van der Waals surface area contributed by atoms with Crippen molar-refractivity contribution < 1.29 is 22.9 Å². The van der Waals surface area contributed by atoms with Gasteiger partial charge in [0.05, 0.1) is 33.0 Å². The molecular formula is C16H11F3N4O3S. The molecule has 7 nitrogen and oxygen atoms in total. The van der Waals surface area contributed by atoms with E-state index < -0.39 is 22.6 Å². The summed E-state index contributed by atoms with van der Waals surface area (Å²) >= 11 is 0.971. The molecule has 3 aromatic rings. The average Bonchev–Trinajstić information content (AvgIpc) is 3.01. The van der Waals surface area contributed by atoms with E-state index in [4.69, 9.17) is 0 Å². The van der Waals surface area contributed by atoms with Gasteiger partial charge in [-0.25, -0.2) is 4.98 Å². The predicted octanol–water partition coefficient (Wildman–Crippen LogP) is 4.22. The summed E-state index contributed by atoms with van der Waals surface area (Å²) in [4.78, 5) is 29.2. The standard InChI is InChI=1S/C16H11F3N4O3S/c17-16(18,19)10-3-1-2-4-11(10)20-14(24)8-27-15-21-12-6-5-9(23(25)26)7-13(12)22-15/h1-7H,8H2,(H,20,24)(H,21,22). The molecule has 0 fully saturated rings. The van der Waals surface area contributed by atoms with Gasteiger partial charge in [0.2, 0.25) is 5.91 Å². The summed E-state index contributed by atoms with van der Waals surface area (Å²) in [7, 11) is 0. The minimum absolute atomic E-state index is 0.107. The molecule has 1 heterocycles. The number of fused-ring (bicyclic) bond motifs is 1. The number of benzene rings is 2. The number of alkyl halides is 3. The van der Waals surface area contributed by atoms with E-state index in [0.29, 0.717) is 16.2 Å². The number of nitrogens with one attached hydrogen (secondary N) is 2. The van der Waals surface area contributed by atoms with E-state index in [-0.39, 0.29) is 17.1 Å². The molecule has 0 bridgehead atoms. The first-order valence-electron chi connectivity index (χ1n) is 7.47. The van der Waals surface area contributed by atoms with E-state index in [2.05, 4.69) is 15.3 Å². The fourth-order valence-electron chi connectivity index (χ4n) is 2.32. The molecule has 3 rings (SSSR count). The van der Waals surface area contributed by atoms with Crippen LogP contribution in [-0.2, 0) is 11.0 Å². The maximum atomic E-state index is 12.9. The smallest absolute Gasteiger partial charge is 0.333 e. The largest absolute Gasteiger partial charge is 0.418 e. The van der Waals surface area contributed by atoms with Crippen molar-refractivity contribution in [3.05, 3.63) is 58.1 Å². The fourth-order valence-corrected chi connectivity index (χ4v) is 3.00. The van der Waals surface area contributed by atoms with Gasteiger partial charge in [0, 0.05) is 12.1 Å². The van der Waals surface area contributed by atoms with Crippen LogP contribution in [0.3, 0.4) is 0 Å². The molecule has 0 aliphatic heterocycles. The van der Waals surface area contributed by atoms with Gasteiger partial charge in [0.25, 0.3) is 5.69 Å². The van der Waals surface area contributed by atoms with E-state index in [9.17, 15) is 28.1 Å². The van der Waals surface area contributed by atoms with Gasteiger partial charge >= 0.3 is 6.18 Å². The minimum atomic E-state index is -4.58. The number of para-hydroxylation sites is 1. The molecule has 1 amide bonds. The number of rotatable bonds is 5. The second kappa shape index (κ2) is 7.27. The number of non-ortho nitro benzene ring substituents is 1. The Hall–Kier alpha value is -3.08. The lowest BCUT2D eigenvalue weighted by Gasteiger charge is -2.13. The Morgan fingerprint density at radius 1 is 1.26 bits per heavy atom. The highest BCUT2D eigenvalue weighted by Crippen LogP contribution is 2.34. The maximum Gasteiger partial charge on any atom is 0.418 e. The van der Waals surface area contributed by atoms with Crippen LogP contribution in [0.25, 0.3) is 11.0 Å². The lowest BCUT2D eigenvalue weighted by Crippen LogP contribution is -2.18. The van der Waals surface area contributed by atoms with Crippen LogP contribution < -0.4 is 5.32 Å². The van der Waals surface area contributed by atoms with Crippen LogP contribution >= 0.6 is 11.8 Å². The lowest BCUT2D eigenvalue weighted by molar-refractivity contribution is -0.384. The molecule has 2 N–H and O–H groups in total. The third-order valence-electron chi connectivity index (χ3n) is 3.50. The van der Waals surface area contributed by atoms with Crippen LogP contribution in [0.5, 0.6) is 0 Å². The molecule has 0 radical (unpaired) electrons. The lowest BCUT2D eigenvalue weighted by atomic mass is 10.1.